The van der Waals surface area contributed by atoms with E-state index in [2.05, 4.69) is 31.4 Å². The third kappa shape index (κ3) is 2.72. The molecule has 0 fully saturated rings. The quantitative estimate of drug-likeness (QED) is 0.791. The molecule has 4 nitrogen and oxygen atoms in total. The Balaban J connectivity index is 1.81. The van der Waals surface area contributed by atoms with Crippen LogP contribution in [0.3, 0.4) is 0 Å². The Bertz CT molecular complexity index is 708. The average molecular weight is 338 g/mol. The molecule has 6 heteroatoms. The molecule has 3 aromatic rings. The van der Waals surface area contributed by atoms with Gasteiger partial charge in [-0.1, -0.05) is 11.6 Å². The first kappa shape index (κ1) is 12.4. The second-order valence-corrected chi connectivity index (χ2v) is 5.40. The predicted octanol–water partition coefficient (Wildman–Crippen LogP) is 3.76. The lowest BCUT2D eigenvalue weighted by Crippen LogP contribution is -2.04. The first-order chi connectivity index (χ1) is 9.22. The molecule has 96 valence electrons. The molecule has 1 N–H and O–H groups in total. The Morgan fingerprint density at radius 3 is 2.68 bits per heavy atom. The molecule has 0 amide bonds. The van der Waals surface area contributed by atoms with Crippen molar-refractivity contribution in [2.45, 2.75) is 6.54 Å². The molecule has 0 aliphatic heterocycles. The van der Waals surface area contributed by atoms with Crippen molar-refractivity contribution in [3.8, 4) is 0 Å². The van der Waals surface area contributed by atoms with Crippen LogP contribution < -0.4 is 5.32 Å². The summed E-state index contributed by atoms with van der Waals surface area (Å²) in [4.78, 5) is 0. The number of anilines is 1. The number of aromatic nitrogens is 3. The fourth-order valence-electron chi connectivity index (χ4n) is 1.78. The van der Waals surface area contributed by atoms with E-state index in [1.807, 2.05) is 47.0 Å². The largest absolute Gasteiger partial charge is 0.378 e. The second kappa shape index (κ2) is 5.19. The number of rotatable bonds is 3. The molecular formula is C13H10BrClN4. The van der Waals surface area contributed by atoms with Crippen LogP contribution in [-0.2, 0) is 6.54 Å². The predicted molar refractivity (Wildman–Crippen MR) is 79.5 cm³/mol. The fourth-order valence-corrected chi connectivity index (χ4v) is 2.24. The van der Waals surface area contributed by atoms with E-state index in [9.17, 15) is 0 Å². The second-order valence-electron chi connectivity index (χ2n) is 4.05. The number of nitrogens with one attached hydrogen (secondary N) is 1. The highest BCUT2D eigenvalue weighted by Gasteiger charge is 2.05. The van der Waals surface area contributed by atoms with Crippen molar-refractivity contribution in [1.29, 1.82) is 0 Å². The normalized spacial score (nSPS) is 10.8. The van der Waals surface area contributed by atoms with Crippen molar-refractivity contribution in [3.63, 3.8) is 0 Å². The van der Waals surface area contributed by atoms with Crippen LogP contribution in [0.5, 0.6) is 0 Å². The van der Waals surface area contributed by atoms with E-state index in [4.69, 9.17) is 11.6 Å². The van der Waals surface area contributed by atoms with Crippen molar-refractivity contribution >= 4 is 38.9 Å². The number of hydrogen-bond donors (Lipinski definition) is 1. The fraction of sp³-hybridized carbons (Fsp3) is 0.0769. The number of pyridine rings is 1. The van der Waals surface area contributed by atoms with E-state index in [1.54, 1.807) is 0 Å². The van der Waals surface area contributed by atoms with Gasteiger partial charge in [-0.3, -0.25) is 4.40 Å². The van der Waals surface area contributed by atoms with Crippen LogP contribution in [-0.4, -0.2) is 14.6 Å². The molecule has 0 saturated heterocycles. The van der Waals surface area contributed by atoms with Gasteiger partial charge < -0.3 is 5.32 Å². The smallest absolute Gasteiger partial charge is 0.160 e. The summed E-state index contributed by atoms with van der Waals surface area (Å²) in [5, 5.41) is 12.3. The Kier molecular flexibility index (Phi) is 3.40. The molecule has 0 aliphatic carbocycles. The standard InChI is InChI=1S/C13H10BrClN4/c14-9-1-6-12-17-18-13(19(12)8-9)7-16-11-4-2-10(15)3-5-11/h1-6,8,16H,7H2. The van der Waals surface area contributed by atoms with E-state index in [1.165, 1.54) is 0 Å². The summed E-state index contributed by atoms with van der Waals surface area (Å²) in [6.45, 7) is 0.596. The Morgan fingerprint density at radius 1 is 1.11 bits per heavy atom. The lowest BCUT2D eigenvalue weighted by atomic mass is 10.3. The van der Waals surface area contributed by atoms with Gasteiger partial charge in [0.1, 0.15) is 0 Å². The van der Waals surface area contributed by atoms with Crippen molar-refractivity contribution in [2.24, 2.45) is 0 Å². The van der Waals surface area contributed by atoms with E-state index in [-0.39, 0.29) is 0 Å². The van der Waals surface area contributed by atoms with Gasteiger partial charge in [-0.25, -0.2) is 0 Å². The summed E-state index contributed by atoms with van der Waals surface area (Å²) >= 11 is 9.29. The molecule has 1 aromatic carbocycles. The number of benzene rings is 1. The van der Waals surface area contributed by atoms with Crippen LogP contribution in [0.1, 0.15) is 5.82 Å². The van der Waals surface area contributed by atoms with Crippen molar-refractivity contribution in [1.82, 2.24) is 14.6 Å². The Labute approximate surface area is 123 Å². The van der Waals surface area contributed by atoms with Crippen molar-refractivity contribution in [3.05, 3.63) is 57.9 Å². The molecule has 0 radical (unpaired) electrons. The van der Waals surface area contributed by atoms with E-state index < -0.39 is 0 Å². The molecule has 0 spiro atoms. The van der Waals surface area contributed by atoms with Gasteiger partial charge in [0.25, 0.3) is 0 Å². The van der Waals surface area contributed by atoms with E-state index >= 15 is 0 Å². The van der Waals surface area contributed by atoms with Gasteiger partial charge in [0.05, 0.1) is 6.54 Å². The van der Waals surface area contributed by atoms with Gasteiger partial charge in [0.15, 0.2) is 11.5 Å². The van der Waals surface area contributed by atoms with Crippen molar-refractivity contribution in [2.75, 3.05) is 5.32 Å². The van der Waals surface area contributed by atoms with Gasteiger partial charge in [-0.15, -0.1) is 10.2 Å². The lowest BCUT2D eigenvalue weighted by Gasteiger charge is -2.05. The van der Waals surface area contributed by atoms with E-state index in [0.29, 0.717) is 6.54 Å². The molecule has 2 heterocycles. The van der Waals surface area contributed by atoms with Crippen LogP contribution >= 0.6 is 27.5 Å². The third-order valence-corrected chi connectivity index (χ3v) is 3.45. The van der Waals surface area contributed by atoms with Gasteiger partial charge in [-0.2, -0.15) is 0 Å². The van der Waals surface area contributed by atoms with Crippen molar-refractivity contribution < 1.29 is 0 Å². The van der Waals surface area contributed by atoms with Crippen LogP contribution in [0.25, 0.3) is 5.65 Å². The summed E-state index contributed by atoms with van der Waals surface area (Å²) in [5.41, 5.74) is 1.83. The highest BCUT2D eigenvalue weighted by atomic mass is 79.9. The molecule has 0 bridgehead atoms. The lowest BCUT2D eigenvalue weighted by molar-refractivity contribution is 0.916. The van der Waals surface area contributed by atoms with Gasteiger partial charge in [0.2, 0.25) is 0 Å². The monoisotopic (exact) mass is 336 g/mol. The molecular weight excluding hydrogens is 328 g/mol. The summed E-state index contributed by atoms with van der Waals surface area (Å²) in [7, 11) is 0. The number of nitrogens with zero attached hydrogens (tertiary/aromatic N) is 3. The summed E-state index contributed by atoms with van der Waals surface area (Å²) < 4.78 is 2.94. The zero-order valence-electron chi connectivity index (χ0n) is 9.85. The SMILES string of the molecule is Clc1ccc(NCc2nnc3ccc(Br)cn23)cc1. The molecule has 3 rings (SSSR count). The van der Waals surface area contributed by atoms with Crippen LogP contribution in [0.4, 0.5) is 5.69 Å². The molecule has 0 saturated carbocycles. The summed E-state index contributed by atoms with van der Waals surface area (Å²) in [6.07, 6.45) is 1.95. The third-order valence-electron chi connectivity index (χ3n) is 2.73. The van der Waals surface area contributed by atoms with Crippen LogP contribution in [0.2, 0.25) is 5.02 Å². The van der Waals surface area contributed by atoms with E-state index in [0.717, 1.165) is 26.7 Å². The maximum atomic E-state index is 5.85. The zero-order valence-corrected chi connectivity index (χ0v) is 12.2. The molecule has 2 aromatic heterocycles. The average Bonchev–Trinajstić information content (AvgIpc) is 2.80. The van der Waals surface area contributed by atoms with Crippen LogP contribution in [0.15, 0.2) is 47.1 Å². The minimum absolute atomic E-state index is 0.596. The maximum Gasteiger partial charge on any atom is 0.160 e. The molecule has 0 atom stereocenters. The highest BCUT2D eigenvalue weighted by Crippen LogP contribution is 2.15. The molecule has 0 aliphatic rings. The topological polar surface area (TPSA) is 42.2 Å². The van der Waals surface area contributed by atoms with Gasteiger partial charge >= 0.3 is 0 Å². The molecule has 0 unspecified atom stereocenters. The first-order valence-corrected chi connectivity index (χ1v) is 6.88. The maximum absolute atomic E-state index is 5.85. The first-order valence-electron chi connectivity index (χ1n) is 5.71. The Hall–Kier alpha value is -1.59. The number of fused-ring (bicyclic) bond motifs is 1. The zero-order chi connectivity index (χ0) is 13.2. The number of halogens is 2. The van der Waals surface area contributed by atoms with Gasteiger partial charge in [0, 0.05) is 21.4 Å². The molecule has 19 heavy (non-hydrogen) atoms. The minimum atomic E-state index is 0.596. The minimum Gasteiger partial charge on any atom is -0.378 e. The Morgan fingerprint density at radius 2 is 1.89 bits per heavy atom. The summed E-state index contributed by atoms with van der Waals surface area (Å²) in [6, 6.07) is 11.4. The highest BCUT2D eigenvalue weighted by molar-refractivity contribution is 9.10. The summed E-state index contributed by atoms with van der Waals surface area (Å²) in [5.74, 6) is 0.853. The van der Waals surface area contributed by atoms with Gasteiger partial charge in [-0.05, 0) is 52.3 Å². The van der Waals surface area contributed by atoms with Crippen LogP contribution in [0, 0.1) is 0 Å². The number of hydrogen-bond acceptors (Lipinski definition) is 3.